The van der Waals surface area contributed by atoms with Crippen molar-refractivity contribution >= 4 is 11.8 Å². The van der Waals surface area contributed by atoms with Crippen molar-refractivity contribution in [3.63, 3.8) is 0 Å². The fraction of sp³-hybridized carbons (Fsp3) is 0.556. The quantitative estimate of drug-likeness (QED) is 0.734. The molecule has 1 aromatic rings. The molecule has 0 fully saturated rings. The summed E-state index contributed by atoms with van der Waals surface area (Å²) >= 11 is 0. The minimum Gasteiger partial charge on any atom is -0.342 e. The molecule has 0 saturated carbocycles. The molecule has 0 saturated heterocycles. The van der Waals surface area contributed by atoms with Crippen LogP contribution in [0.3, 0.4) is 0 Å². The second-order valence-corrected chi connectivity index (χ2v) is 5.84. The van der Waals surface area contributed by atoms with Gasteiger partial charge < -0.3 is 9.80 Å². The summed E-state index contributed by atoms with van der Waals surface area (Å²) in [4.78, 5) is 30.0. The minimum absolute atomic E-state index is 0.0173. The maximum Gasteiger partial charge on any atom is 0.239 e. The Morgan fingerprint density at radius 1 is 1.04 bits per heavy atom. The van der Waals surface area contributed by atoms with E-state index in [-0.39, 0.29) is 24.4 Å². The van der Waals surface area contributed by atoms with Gasteiger partial charge >= 0.3 is 0 Å². The molecule has 1 aromatic carbocycles. The SMILES string of the molecule is CCN(CC)C(=O)CN(C)C(C)C(=O)N(C)Cc1ccccc1. The predicted molar refractivity (Wildman–Crippen MR) is 92.9 cm³/mol. The Morgan fingerprint density at radius 2 is 1.61 bits per heavy atom. The van der Waals surface area contributed by atoms with Gasteiger partial charge in [0.2, 0.25) is 11.8 Å². The molecule has 1 atom stereocenters. The molecule has 0 aromatic heterocycles. The highest BCUT2D eigenvalue weighted by molar-refractivity contribution is 5.83. The summed E-state index contributed by atoms with van der Waals surface area (Å²) in [6, 6.07) is 9.56. The van der Waals surface area contributed by atoms with E-state index in [2.05, 4.69) is 0 Å². The predicted octanol–water partition coefficient (Wildman–Crippen LogP) is 1.83. The molecule has 1 rings (SSSR count). The van der Waals surface area contributed by atoms with Gasteiger partial charge in [-0.1, -0.05) is 30.3 Å². The average Bonchev–Trinajstić information content (AvgIpc) is 2.55. The lowest BCUT2D eigenvalue weighted by atomic mass is 10.2. The number of hydrogen-bond donors (Lipinski definition) is 0. The number of amides is 2. The first-order valence-corrected chi connectivity index (χ1v) is 8.17. The van der Waals surface area contributed by atoms with Crippen LogP contribution in [0.4, 0.5) is 0 Å². The highest BCUT2D eigenvalue weighted by Gasteiger charge is 2.24. The summed E-state index contributed by atoms with van der Waals surface area (Å²) in [7, 11) is 3.62. The van der Waals surface area contributed by atoms with Gasteiger partial charge in [-0.2, -0.15) is 0 Å². The van der Waals surface area contributed by atoms with Crippen LogP contribution in [0.15, 0.2) is 30.3 Å². The maximum absolute atomic E-state index is 12.5. The van der Waals surface area contributed by atoms with Gasteiger partial charge in [-0.15, -0.1) is 0 Å². The number of rotatable bonds is 8. The fourth-order valence-corrected chi connectivity index (χ4v) is 2.47. The van der Waals surface area contributed by atoms with Gasteiger partial charge in [0.25, 0.3) is 0 Å². The number of hydrogen-bond acceptors (Lipinski definition) is 3. The monoisotopic (exact) mass is 319 g/mol. The minimum atomic E-state index is -0.330. The first-order valence-electron chi connectivity index (χ1n) is 8.17. The Kier molecular flexibility index (Phi) is 7.75. The van der Waals surface area contributed by atoms with Crippen molar-refractivity contribution in [3.8, 4) is 0 Å². The van der Waals surface area contributed by atoms with Gasteiger partial charge in [-0.25, -0.2) is 0 Å². The first kappa shape index (κ1) is 19.2. The van der Waals surface area contributed by atoms with Crippen LogP contribution in [0, 0.1) is 0 Å². The summed E-state index contributed by atoms with van der Waals surface area (Å²) in [5, 5.41) is 0. The molecule has 5 nitrogen and oxygen atoms in total. The molecule has 0 heterocycles. The van der Waals surface area contributed by atoms with E-state index >= 15 is 0 Å². The van der Waals surface area contributed by atoms with E-state index in [0.717, 1.165) is 5.56 Å². The Hall–Kier alpha value is -1.88. The second-order valence-electron chi connectivity index (χ2n) is 5.84. The maximum atomic E-state index is 12.5. The molecule has 0 aliphatic rings. The van der Waals surface area contributed by atoms with Gasteiger partial charge in [-0.05, 0) is 33.4 Å². The number of nitrogens with zero attached hydrogens (tertiary/aromatic N) is 3. The third-order valence-electron chi connectivity index (χ3n) is 4.16. The van der Waals surface area contributed by atoms with Crippen LogP contribution in [0.5, 0.6) is 0 Å². The van der Waals surface area contributed by atoms with Crippen LogP contribution in [-0.2, 0) is 16.1 Å². The second kappa shape index (κ2) is 9.30. The van der Waals surface area contributed by atoms with Crippen LogP contribution in [0.25, 0.3) is 0 Å². The summed E-state index contributed by atoms with van der Waals surface area (Å²) in [6.07, 6.45) is 0. The Bertz CT molecular complexity index is 500. The highest BCUT2D eigenvalue weighted by atomic mass is 16.2. The normalized spacial score (nSPS) is 12.1. The third kappa shape index (κ3) is 5.67. The summed E-state index contributed by atoms with van der Waals surface area (Å²) in [5.41, 5.74) is 1.09. The van der Waals surface area contributed by atoms with Gasteiger partial charge in [0.15, 0.2) is 0 Å². The Morgan fingerprint density at radius 3 is 2.13 bits per heavy atom. The topological polar surface area (TPSA) is 43.9 Å². The molecule has 0 bridgehead atoms. The molecular weight excluding hydrogens is 290 g/mol. The molecule has 2 amide bonds. The van der Waals surface area contributed by atoms with E-state index in [4.69, 9.17) is 0 Å². The molecule has 128 valence electrons. The molecule has 0 radical (unpaired) electrons. The molecule has 0 aliphatic heterocycles. The Labute approximate surface area is 139 Å². The zero-order valence-corrected chi connectivity index (χ0v) is 15.0. The summed E-state index contributed by atoms with van der Waals surface area (Å²) in [5.74, 6) is 0.0755. The first-order chi connectivity index (χ1) is 10.9. The van der Waals surface area contributed by atoms with Gasteiger partial charge in [-0.3, -0.25) is 14.5 Å². The summed E-state index contributed by atoms with van der Waals surface area (Å²) in [6.45, 7) is 7.99. The average molecular weight is 319 g/mol. The number of carbonyl (C=O) groups excluding carboxylic acids is 2. The third-order valence-corrected chi connectivity index (χ3v) is 4.16. The molecule has 0 N–H and O–H groups in total. The van der Waals surface area contributed by atoms with Gasteiger partial charge in [0, 0.05) is 26.7 Å². The number of likely N-dealkylation sites (N-methyl/N-ethyl adjacent to an activating group) is 3. The lowest BCUT2D eigenvalue weighted by molar-refractivity contribution is -0.137. The van der Waals surface area contributed by atoms with Gasteiger partial charge in [0.05, 0.1) is 12.6 Å². The lowest BCUT2D eigenvalue weighted by Gasteiger charge is -2.29. The van der Waals surface area contributed by atoms with E-state index < -0.39 is 0 Å². The zero-order valence-electron chi connectivity index (χ0n) is 15.0. The van der Waals surface area contributed by atoms with Crippen LogP contribution in [-0.4, -0.2) is 66.3 Å². The van der Waals surface area contributed by atoms with E-state index in [9.17, 15) is 9.59 Å². The van der Waals surface area contributed by atoms with E-state index in [1.54, 1.807) is 16.8 Å². The highest BCUT2D eigenvalue weighted by Crippen LogP contribution is 2.07. The van der Waals surface area contributed by atoms with Crippen molar-refractivity contribution in [1.29, 1.82) is 0 Å². The van der Waals surface area contributed by atoms with Crippen molar-refractivity contribution in [1.82, 2.24) is 14.7 Å². The largest absolute Gasteiger partial charge is 0.342 e. The van der Waals surface area contributed by atoms with Crippen LogP contribution < -0.4 is 0 Å². The number of benzene rings is 1. The van der Waals surface area contributed by atoms with E-state index in [1.807, 2.05) is 63.1 Å². The van der Waals surface area contributed by atoms with Crippen molar-refractivity contribution < 1.29 is 9.59 Å². The fourth-order valence-electron chi connectivity index (χ4n) is 2.47. The van der Waals surface area contributed by atoms with Crippen LogP contribution in [0.1, 0.15) is 26.3 Å². The molecule has 5 heteroatoms. The Balaban J connectivity index is 2.59. The van der Waals surface area contributed by atoms with Crippen molar-refractivity contribution in [2.24, 2.45) is 0 Å². The van der Waals surface area contributed by atoms with E-state index in [0.29, 0.717) is 19.6 Å². The van der Waals surface area contributed by atoms with Crippen molar-refractivity contribution in [2.45, 2.75) is 33.4 Å². The molecule has 0 aliphatic carbocycles. The van der Waals surface area contributed by atoms with Crippen molar-refractivity contribution in [3.05, 3.63) is 35.9 Å². The zero-order chi connectivity index (χ0) is 17.4. The number of carbonyl (C=O) groups is 2. The summed E-state index contributed by atoms with van der Waals surface area (Å²) < 4.78 is 0. The van der Waals surface area contributed by atoms with Crippen LogP contribution in [0.2, 0.25) is 0 Å². The van der Waals surface area contributed by atoms with Gasteiger partial charge in [0.1, 0.15) is 0 Å². The molecular formula is C18H29N3O2. The molecule has 0 spiro atoms. The molecule has 23 heavy (non-hydrogen) atoms. The standard InChI is InChI=1S/C18H29N3O2/c1-6-21(7-2)17(22)14-19(4)15(3)18(23)20(5)13-16-11-9-8-10-12-16/h8-12,15H,6-7,13-14H2,1-5H3. The molecule has 1 unspecified atom stereocenters. The van der Waals surface area contributed by atoms with Crippen LogP contribution >= 0.6 is 0 Å². The smallest absolute Gasteiger partial charge is 0.239 e. The van der Waals surface area contributed by atoms with Crippen molar-refractivity contribution in [2.75, 3.05) is 33.7 Å². The van der Waals surface area contributed by atoms with E-state index in [1.165, 1.54) is 0 Å². The lowest BCUT2D eigenvalue weighted by Crippen LogP contribution is -2.48.